The first-order chi connectivity index (χ1) is 10.0. The van der Waals surface area contributed by atoms with Crippen LogP contribution in [0.2, 0.25) is 0 Å². The fourth-order valence-electron chi connectivity index (χ4n) is 2.23. The van der Waals surface area contributed by atoms with Crippen molar-refractivity contribution in [2.24, 2.45) is 0 Å². The van der Waals surface area contributed by atoms with Crippen LogP contribution in [-0.2, 0) is 11.8 Å². The summed E-state index contributed by atoms with van der Waals surface area (Å²) in [5.41, 5.74) is 1.59. The van der Waals surface area contributed by atoms with Crippen molar-refractivity contribution < 1.29 is 8.78 Å². The van der Waals surface area contributed by atoms with E-state index in [-0.39, 0.29) is 17.0 Å². The number of hydrogen-bond acceptors (Lipinski definition) is 0. The molecule has 2 aromatic rings. The maximum atomic E-state index is 13.6. The Bertz CT molecular complexity index is 625. The third-order valence-electron chi connectivity index (χ3n) is 3.49. The molecule has 2 aromatic carbocycles. The number of rotatable bonds is 5. The molecule has 0 aromatic heterocycles. The van der Waals surface area contributed by atoms with Crippen molar-refractivity contribution in [3.8, 4) is 0 Å². The van der Waals surface area contributed by atoms with Crippen molar-refractivity contribution in [2.45, 2.75) is 11.8 Å². The lowest BCUT2D eigenvalue weighted by Crippen LogP contribution is -2.33. The molecule has 0 radical (unpaired) electrons. The lowest BCUT2D eigenvalue weighted by molar-refractivity contribution is 0.539. The second kappa shape index (κ2) is 7.34. The summed E-state index contributed by atoms with van der Waals surface area (Å²) >= 11 is 10.5. The number of benzene rings is 2. The molecular weight excluding hydrogens is 470 g/mol. The van der Waals surface area contributed by atoms with E-state index in [0.717, 1.165) is 15.6 Å². The highest BCUT2D eigenvalue weighted by Gasteiger charge is 2.31. The van der Waals surface area contributed by atoms with Crippen molar-refractivity contribution in [1.29, 1.82) is 0 Å². The maximum Gasteiger partial charge on any atom is 0.124 e. The molecule has 112 valence electrons. The Morgan fingerprint density at radius 3 is 2.14 bits per heavy atom. The molecule has 0 aliphatic carbocycles. The Labute approximate surface area is 148 Å². The van der Waals surface area contributed by atoms with Crippen LogP contribution >= 0.6 is 47.8 Å². The maximum absolute atomic E-state index is 13.6. The lowest BCUT2D eigenvalue weighted by atomic mass is 9.79. The number of hydrogen-bond donors (Lipinski definition) is 0. The molecule has 0 atom stereocenters. The molecule has 0 saturated heterocycles. The molecule has 0 fully saturated rings. The van der Waals surface area contributed by atoms with Crippen LogP contribution in [0.3, 0.4) is 0 Å². The van der Waals surface area contributed by atoms with Gasteiger partial charge in [0.15, 0.2) is 0 Å². The minimum absolute atomic E-state index is 0.253. The molecule has 5 heteroatoms. The van der Waals surface area contributed by atoms with E-state index in [9.17, 15) is 8.78 Å². The summed E-state index contributed by atoms with van der Waals surface area (Å²) in [6, 6.07) is 11.3. The van der Waals surface area contributed by atoms with Crippen molar-refractivity contribution >= 4 is 47.8 Å². The lowest BCUT2D eigenvalue weighted by Gasteiger charge is -2.31. The van der Waals surface area contributed by atoms with Crippen LogP contribution < -0.4 is 0 Å². The summed E-state index contributed by atoms with van der Waals surface area (Å²) in [5, 5.41) is 1.33. The second-order valence-corrected chi connectivity index (χ2v) is 6.95. The van der Waals surface area contributed by atoms with Gasteiger partial charge in [0.1, 0.15) is 11.6 Å². The quantitative estimate of drug-likeness (QED) is 0.459. The molecule has 0 aliphatic rings. The number of halogens is 5. The fraction of sp³-hybridized carbons (Fsp3) is 0.250. The van der Waals surface area contributed by atoms with Crippen molar-refractivity contribution in [3.05, 3.63) is 69.7 Å². The average molecular weight is 483 g/mol. The number of alkyl halides is 2. The van der Waals surface area contributed by atoms with Crippen LogP contribution in [0.25, 0.3) is 0 Å². The molecule has 0 saturated carbocycles. The molecule has 0 aliphatic heterocycles. The van der Waals surface area contributed by atoms with E-state index in [1.807, 2.05) is 6.07 Å². The predicted molar refractivity (Wildman–Crippen MR) is 93.5 cm³/mol. The van der Waals surface area contributed by atoms with E-state index in [0.29, 0.717) is 17.1 Å². The molecule has 0 nitrogen and oxygen atoms in total. The van der Waals surface area contributed by atoms with Crippen LogP contribution in [0.4, 0.5) is 8.78 Å². The van der Waals surface area contributed by atoms with Crippen molar-refractivity contribution in [3.63, 3.8) is 0 Å². The highest BCUT2D eigenvalue weighted by atomic mass is 79.9. The summed E-state index contributed by atoms with van der Waals surface area (Å²) in [7, 11) is 0. The Morgan fingerprint density at radius 2 is 1.57 bits per heavy atom. The average Bonchev–Trinajstić information content (AvgIpc) is 2.47. The standard InChI is InChI=1S/C16H13Br3F2/c17-9-16(10-18,12-2-1-3-13(20)6-12)8-11-4-5-14(21)7-15(11)19/h1-7H,8-10H2. The minimum atomic E-state index is -0.303. The van der Waals surface area contributed by atoms with Gasteiger partial charge in [-0.1, -0.05) is 66.0 Å². The van der Waals surface area contributed by atoms with Gasteiger partial charge in [0.05, 0.1) is 0 Å². The highest BCUT2D eigenvalue weighted by molar-refractivity contribution is 9.10. The molecular formula is C16H13Br3F2. The topological polar surface area (TPSA) is 0 Å². The first-order valence-electron chi connectivity index (χ1n) is 6.33. The molecule has 0 amide bonds. The van der Waals surface area contributed by atoms with Gasteiger partial charge < -0.3 is 0 Å². The molecule has 21 heavy (non-hydrogen) atoms. The summed E-state index contributed by atoms with van der Waals surface area (Å²) in [6.07, 6.45) is 0.661. The summed E-state index contributed by atoms with van der Waals surface area (Å²) in [5.74, 6) is -0.531. The highest BCUT2D eigenvalue weighted by Crippen LogP contribution is 2.35. The normalized spacial score (nSPS) is 11.7. The van der Waals surface area contributed by atoms with Crippen LogP contribution in [0.5, 0.6) is 0 Å². The van der Waals surface area contributed by atoms with E-state index >= 15 is 0 Å². The fourth-order valence-corrected chi connectivity index (χ4v) is 4.70. The first-order valence-corrected chi connectivity index (χ1v) is 9.36. The van der Waals surface area contributed by atoms with E-state index in [4.69, 9.17) is 0 Å². The SMILES string of the molecule is Fc1cccc(C(CBr)(CBr)Cc2ccc(F)cc2Br)c1. The van der Waals surface area contributed by atoms with Gasteiger partial charge >= 0.3 is 0 Å². The Kier molecular flexibility index (Phi) is 5.97. The van der Waals surface area contributed by atoms with Crippen molar-refractivity contribution in [2.75, 3.05) is 10.7 Å². The van der Waals surface area contributed by atoms with Crippen LogP contribution in [-0.4, -0.2) is 10.7 Å². The van der Waals surface area contributed by atoms with Gasteiger partial charge in [-0.05, 0) is 41.8 Å². The molecule has 2 rings (SSSR count). The molecule has 0 bridgehead atoms. The van der Waals surface area contributed by atoms with Crippen molar-refractivity contribution in [1.82, 2.24) is 0 Å². The smallest absolute Gasteiger partial charge is 0.124 e. The van der Waals surface area contributed by atoms with Crippen LogP contribution in [0, 0.1) is 11.6 Å². The predicted octanol–water partition coefficient (Wildman–Crippen LogP) is 6.00. The largest absolute Gasteiger partial charge is 0.207 e. The second-order valence-electron chi connectivity index (χ2n) is 4.97. The Morgan fingerprint density at radius 1 is 0.905 bits per heavy atom. The Hall–Kier alpha value is -0.260. The zero-order chi connectivity index (χ0) is 15.5. The van der Waals surface area contributed by atoms with Gasteiger partial charge in [-0.25, -0.2) is 8.78 Å². The Balaban J connectivity index is 2.43. The molecule has 0 N–H and O–H groups in total. The summed E-state index contributed by atoms with van der Waals surface area (Å²) in [6.45, 7) is 0. The van der Waals surface area contributed by atoms with Gasteiger partial charge in [0.2, 0.25) is 0 Å². The molecule has 0 spiro atoms. The van der Waals surface area contributed by atoms with Gasteiger partial charge in [0, 0.05) is 20.5 Å². The first kappa shape index (κ1) is 17.1. The molecule has 0 unspecified atom stereocenters. The van der Waals surface area contributed by atoms with E-state index in [2.05, 4.69) is 47.8 Å². The van der Waals surface area contributed by atoms with E-state index < -0.39 is 0 Å². The van der Waals surface area contributed by atoms with Gasteiger partial charge in [-0.15, -0.1) is 0 Å². The van der Waals surface area contributed by atoms with Gasteiger partial charge in [-0.2, -0.15) is 0 Å². The van der Waals surface area contributed by atoms with Crippen LogP contribution in [0.15, 0.2) is 46.9 Å². The van der Waals surface area contributed by atoms with Gasteiger partial charge in [-0.3, -0.25) is 0 Å². The summed E-state index contributed by atoms with van der Waals surface area (Å²) < 4.78 is 27.5. The third-order valence-corrected chi connectivity index (χ3v) is 6.38. The van der Waals surface area contributed by atoms with E-state index in [1.54, 1.807) is 18.2 Å². The minimum Gasteiger partial charge on any atom is -0.207 e. The van der Waals surface area contributed by atoms with Gasteiger partial charge in [0.25, 0.3) is 0 Å². The monoisotopic (exact) mass is 480 g/mol. The zero-order valence-corrected chi connectivity index (χ0v) is 15.8. The molecule has 0 heterocycles. The van der Waals surface area contributed by atoms with Crippen LogP contribution in [0.1, 0.15) is 11.1 Å². The van der Waals surface area contributed by atoms with E-state index in [1.165, 1.54) is 18.2 Å². The summed E-state index contributed by atoms with van der Waals surface area (Å²) in [4.78, 5) is 0. The zero-order valence-electron chi connectivity index (χ0n) is 11.1. The third kappa shape index (κ3) is 3.93.